The van der Waals surface area contributed by atoms with Crippen LogP contribution in [0.4, 0.5) is 0 Å². The van der Waals surface area contributed by atoms with Gasteiger partial charge in [0, 0.05) is 19.0 Å². The van der Waals surface area contributed by atoms with Crippen LogP contribution in [0, 0.1) is 11.3 Å². The van der Waals surface area contributed by atoms with Crippen molar-refractivity contribution in [1.82, 2.24) is 4.90 Å². The molecule has 0 aliphatic carbocycles. The summed E-state index contributed by atoms with van der Waals surface area (Å²) >= 11 is 0. The van der Waals surface area contributed by atoms with Gasteiger partial charge in [-0.15, -0.1) is 0 Å². The number of rotatable bonds is 4. The maximum Gasteiger partial charge on any atom is 0.223 e. The Morgan fingerprint density at radius 2 is 2.06 bits per heavy atom. The Hall–Kier alpha value is -0.570. The minimum atomic E-state index is 0.203. The van der Waals surface area contributed by atoms with Crippen molar-refractivity contribution in [2.45, 2.75) is 65.8 Å². The molecule has 0 aromatic carbocycles. The summed E-state index contributed by atoms with van der Waals surface area (Å²) in [6.07, 6.45) is 5.15. The molecule has 3 nitrogen and oxygen atoms in total. The number of likely N-dealkylation sites (tertiary alicyclic amines) is 1. The standard InChI is InChI=1S/C15H30N2O/c1-12(15(2,3)4)11-14(18)17-10-6-5-7-13(17)8-9-16/h12-13H,5-11,16H2,1-4H3. The van der Waals surface area contributed by atoms with Gasteiger partial charge in [-0.25, -0.2) is 0 Å². The van der Waals surface area contributed by atoms with E-state index in [4.69, 9.17) is 5.73 Å². The second kappa shape index (κ2) is 6.55. The predicted molar refractivity (Wildman–Crippen MR) is 76.3 cm³/mol. The zero-order valence-corrected chi connectivity index (χ0v) is 12.5. The van der Waals surface area contributed by atoms with Crippen LogP contribution in [0.3, 0.4) is 0 Å². The summed E-state index contributed by atoms with van der Waals surface area (Å²) in [7, 11) is 0. The third-order valence-corrected chi connectivity index (χ3v) is 4.41. The average molecular weight is 254 g/mol. The molecule has 0 radical (unpaired) electrons. The van der Waals surface area contributed by atoms with Crippen molar-refractivity contribution in [2.75, 3.05) is 13.1 Å². The van der Waals surface area contributed by atoms with Gasteiger partial charge in [-0.3, -0.25) is 4.79 Å². The highest BCUT2D eigenvalue weighted by Crippen LogP contribution is 2.30. The Morgan fingerprint density at radius 1 is 1.39 bits per heavy atom. The van der Waals surface area contributed by atoms with E-state index in [9.17, 15) is 4.79 Å². The predicted octanol–water partition coefficient (Wildman–Crippen LogP) is 2.79. The van der Waals surface area contributed by atoms with Crippen LogP contribution in [0.15, 0.2) is 0 Å². The van der Waals surface area contributed by atoms with Gasteiger partial charge in [-0.1, -0.05) is 27.7 Å². The summed E-state index contributed by atoms with van der Waals surface area (Å²) in [6.45, 7) is 10.4. The molecule has 1 aliphatic heterocycles. The molecule has 1 saturated heterocycles. The van der Waals surface area contributed by atoms with E-state index in [1.54, 1.807) is 0 Å². The first kappa shape index (κ1) is 15.5. The first-order chi connectivity index (χ1) is 8.36. The van der Waals surface area contributed by atoms with E-state index in [1.807, 2.05) is 0 Å². The minimum Gasteiger partial charge on any atom is -0.340 e. The summed E-state index contributed by atoms with van der Waals surface area (Å²) in [4.78, 5) is 14.5. The maximum absolute atomic E-state index is 12.4. The Morgan fingerprint density at radius 3 is 2.61 bits per heavy atom. The molecule has 1 aliphatic rings. The number of hydrogen-bond acceptors (Lipinski definition) is 2. The summed E-state index contributed by atoms with van der Waals surface area (Å²) < 4.78 is 0. The van der Waals surface area contributed by atoms with Crippen molar-refractivity contribution >= 4 is 5.91 Å². The molecule has 0 bridgehead atoms. The van der Waals surface area contributed by atoms with Crippen LogP contribution in [0.25, 0.3) is 0 Å². The summed E-state index contributed by atoms with van der Waals surface area (Å²) in [5.74, 6) is 0.751. The molecule has 0 saturated carbocycles. The molecule has 18 heavy (non-hydrogen) atoms. The number of piperidine rings is 1. The number of hydrogen-bond donors (Lipinski definition) is 1. The van der Waals surface area contributed by atoms with Crippen molar-refractivity contribution in [3.63, 3.8) is 0 Å². The number of nitrogens with two attached hydrogens (primary N) is 1. The third kappa shape index (κ3) is 4.27. The van der Waals surface area contributed by atoms with Crippen molar-refractivity contribution in [1.29, 1.82) is 0 Å². The highest BCUT2D eigenvalue weighted by atomic mass is 16.2. The van der Waals surface area contributed by atoms with Gasteiger partial charge in [-0.2, -0.15) is 0 Å². The molecule has 3 heteroatoms. The van der Waals surface area contributed by atoms with E-state index < -0.39 is 0 Å². The van der Waals surface area contributed by atoms with Gasteiger partial charge in [0.1, 0.15) is 0 Å². The Balaban J connectivity index is 2.58. The summed E-state index contributed by atoms with van der Waals surface area (Å²) in [5.41, 5.74) is 5.86. The van der Waals surface area contributed by atoms with Crippen LogP contribution in [-0.4, -0.2) is 29.9 Å². The molecule has 2 N–H and O–H groups in total. The van der Waals surface area contributed by atoms with Gasteiger partial charge in [0.05, 0.1) is 0 Å². The summed E-state index contributed by atoms with van der Waals surface area (Å²) in [6, 6.07) is 0.392. The lowest BCUT2D eigenvalue weighted by Crippen LogP contribution is -2.45. The maximum atomic E-state index is 12.4. The van der Waals surface area contributed by atoms with Crippen LogP contribution >= 0.6 is 0 Å². The molecule has 0 aromatic heterocycles. The van der Waals surface area contributed by atoms with Gasteiger partial charge in [0.2, 0.25) is 5.91 Å². The molecule has 2 atom stereocenters. The average Bonchev–Trinajstić information content (AvgIpc) is 2.28. The highest BCUT2D eigenvalue weighted by Gasteiger charge is 2.29. The van der Waals surface area contributed by atoms with E-state index in [-0.39, 0.29) is 5.41 Å². The third-order valence-electron chi connectivity index (χ3n) is 4.41. The number of amides is 1. The van der Waals surface area contributed by atoms with Gasteiger partial charge < -0.3 is 10.6 Å². The quantitative estimate of drug-likeness (QED) is 0.838. The molecule has 0 aromatic rings. The Labute approximate surface area is 112 Å². The normalized spacial score (nSPS) is 22.9. The van der Waals surface area contributed by atoms with E-state index in [0.29, 0.717) is 30.8 Å². The van der Waals surface area contributed by atoms with Crippen LogP contribution in [0.5, 0.6) is 0 Å². The molecule has 1 amide bonds. The first-order valence-electron chi connectivity index (χ1n) is 7.35. The highest BCUT2D eigenvalue weighted by molar-refractivity contribution is 5.77. The lowest BCUT2D eigenvalue weighted by Gasteiger charge is -2.37. The van der Waals surface area contributed by atoms with Crippen LogP contribution in [0.1, 0.15) is 59.8 Å². The van der Waals surface area contributed by atoms with E-state index >= 15 is 0 Å². The number of carbonyl (C=O) groups excluding carboxylic acids is 1. The zero-order valence-electron chi connectivity index (χ0n) is 12.5. The van der Waals surface area contributed by atoms with Crippen LogP contribution in [-0.2, 0) is 4.79 Å². The van der Waals surface area contributed by atoms with E-state index in [1.165, 1.54) is 6.42 Å². The SMILES string of the molecule is CC(CC(=O)N1CCCCC1CCN)C(C)(C)C. The Kier molecular flexibility index (Phi) is 5.64. The molecular formula is C15H30N2O. The fourth-order valence-corrected chi connectivity index (χ4v) is 2.51. The van der Waals surface area contributed by atoms with Gasteiger partial charge in [0.25, 0.3) is 0 Å². The van der Waals surface area contributed by atoms with Gasteiger partial charge in [-0.05, 0) is 43.6 Å². The van der Waals surface area contributed by atoms with E-state index in [0.717, 1.165) is 25.8 Å². The zero-order chi connectivity index (χ0) is 13.8. The Bertz CT molecular complexity index is 268. The lowest BCUT2D eigenvalue weighted by atomic mass is 9.79. The van der Waals surface area contributed by atoms with Crippen LogP contribution in [0.2, 0.25) is 0 Å². The first-order valence-corrected chi connectivity index (χ1v) is 7.35. The fraction of sp³-hybridized carbons (Fsp3) is 0.933. The number of nitrogens with zero attached hydrogens (tertiary/aromatic N) is 1. The number of carbonyl (C=O) groups is 1. The molecule has 1 rings (SSSR count). The molecule has 1 heterocycles. The molecule has 2 unspecified atom stereocenters. The van der Waals surface area contributed by atoms with Crippen molar-refractivity contribution < 1.29 is 4.79 Å². The minimum absolute atomic E-state index is 0.203. The molecule has 0 spiro atoms. The monoisotopic (exact) mass is 254 g/mol. The van der Waals surface area contributed by atoms with Gasteiger partial charge in [0.15, 0.2) is 0 Å². The van der Waals surface area contributed by atoms with E-state index in [2.05, 4.69) is 32.6 Å². The van der Waals surface area contributed by atoms with Crippen molar-refractivity contribution in [3.05, 3.63) is 0 Å². The molecule has 106 valence electrons. The lowest BCUT2D eigenvalue weighted by molar-refractivity contribution is -0.136. The fourth-order valence-electron chi connectivity index (χ4n) is 2.51. The largest absolute Gasteiger partial charge is 0.340 e. The van der Waals surface area contributed by atoms with Crippen LogP contribution < -0.4 is 5.73 Å². The molecule has 1 fully saturated rings. The van der Waals surface area contributed by atoms with Crippen molar-refractivity contribution in [3.8, 4) is 0 Å². The second-order valence-corrected chi connectivity index (χ2v) is 6.79. The van der Waals surface area contributed by atoms with Crippen molar-refractivity contribution in [2.24, 2.45) is 17.1 Å². The molecular weight excluding hydrogens is 224 g/mol. The second-order valence-electron chi connectivity index (χ2n) is 6.79. The topological polar surface area (TPSA) is 46.3 Å². The smallest absolute Gasteiger partial charge is 0.223 e. The summed E-state index contributed by atoms with van der Waals surface area (Å²) in [5, 5.41) is 0. The van der Waals surface area contributed by atoms with Gasteiger partial charge >= 0.3 is 0 Å².